The Morgan fingerprint density at radius 2 is 1.82 bits per heavy atom. The molecule has 0 aliphatic heterocycles. The van der Waals surface area contributed by atoms with Crippen molar-refractivity contribution >= 4 is 12.0 Å². The average Bonchev–Trinajstić information content (AvgIpc) is 2.47. The van der Waals surface area contributed by atoms with Gasteiger partial charge in [-0.1, -0.05) is 42.5 Å². The van der Waals surface area contributed by atoms with Crippen molar-refractivity contribution in [2.24, 2.45) is 0 Å². The van der Waals surface area contributed by atoms with Gasteiger partial charge in [0, 0.05) is 0 Å². The van der Waals surface area contributed by atoms with Crippen molar-refractivity contribution in [2.45, 2.75) is 26.9 Å². The van der Waals surface area contributed by atoms with Crippen LogP contribution in [0.5, 0.6) is 5.75 Å². The van der Waals surface area contributed by atoms with Crippen molar-refractivity contribution in [1.82, 2.24) is 0 Å². The predicted molar refractivity (Wildman–Crippen MR) is 88.0 cm³/mol. The van der Waals surface area contributed by atoms with Gasteiger partial charge in [0.2, 0.25) is 0 Å². The Bertz CT molecular complexity index is 667. The summed E-state index contributed by atoms with van der Waals surface area (Å²) < 4.78 is 5.87. The average molecular weight is 296 g/mol. The van der Waals surface area contributed by atoms with Gasteiger partial charge in [0.15, 0.2) is 0 Å². The highest BCUT2D eigenvalue weighted by Crippen LogP contribution is 2.19. The van der Waals surface area contributed by atoms with E-state index in [0.717, 1.165) is 11.3 Å². The van der Waals surface area contributed by atoms with Crippen LogP contribution in [0.1, 0.15) is 28.7 Å². The number of ether oxygens (including phenoxy) is 1. The van der Waals surface area contributed by atoms with Gasteiger partial charge in [0.25, 0.3) is 0 Å². The Labute approximate surface area is 130 Å². The summed E-state index contributed by atoms with van der Waals surface area (Å²) in [5.74, 6) is -0.0567. The molecule has 0 radical (unpaired) electrons. The van der Waals surface area contributed by atoms with Gasteiger partial charge in [-0.05, 0) is 48.2 Å². The van der Waals surface area contributed by atoms with Crippen molar-refractivity contribution in [2.75, 3.05) is 0 Å². The summed E-state index contributed by atoms with van der Waals surface area (Å²) >= 11 is 0. The Kier molecular flexibility index (Phi) is 5.37. The molecule has 0 fully saturated rings. The van der Waals surface area contributed by atoms with Crippen LogP contribution in [0.25, 0.3) is 6.08 Å². The zero-order valence-electron chi connectivity index (χ0n) is 12.9. The van der Waals surface area contributed by atoms with E-state index in [-0.39, 0.29) is 6.42 Å². The van der Waals surface area contributed by atoms with Crippen molar-refractivity contribution in [3.8, 4) is 5.75 Å². The highest BCUT2D eigenvalue weighted by atomic mass is 16.5. The quantitative estimate of drug-likeness (QED) is 0.861. The first-order chi connectivity index (χ1) is 10.6. The number of aryl methyl sites for hydroxylation is 2. The van der Waals surface area contributed by atoms with E-state index < -0.39 is 5.97 Å². The lowest BCUT2D eigenvalue weighted by atomic mass is 10.0. The Morgan fingerprint density at radius 3 is 2.50 bits per heavy atom. The monoisotopic (exact) mass is 296 g/mol. The maximum absolute atomic E-state index is 10.5. The van der Waals surface area contributed by atoms with E-state index in [4.69, 9.17) is 9.84 Å². The number of aliphatic carboxylic acids is 1. The second-order valence-corrected chi connectivity index (χ2v) is 5.23. The van der Waals surface area contributed by atoms with E-state index in [9.17, 15) is 4.79 Å². The van der Waals surface area contributed by atoms with Gasteiger partial charge in [-0.15, -0.1) is 0 Å². The van der Waals surface area contributed by atoms with Crippen molar-refractivity contribution in [3.05, 3.63) is 70.8 Å². The number of rotatable bonds is 6. The number of hydrogen-bond donors (Lipinski definition) is 1. The fourth-order valence-electron chi connectivity index (χ4n) is 2.24. The van der Waals surface area contributed by atoms with Gasteiger partial charge in [-0.2, -0.15) is 0 Å². The van der Waals surface area contributed by atoms with Gasteiger partial charge in [-0.3, -0.25) is 4.79 Å². The minimum absolute atomic E-state index is 0.0213. The van der Waals surface area contributed by atoms with E-state index in [1.165, 1.54) is 16.7 Å². The summed E-state index contributed by atoms with van der Waals surface area (Å²) in [5, 5.41) is 8.63. The first-order valence-electron chi connectivity index (χ1n) is 7.22. The Hall–Kier alpha value is -2.55. The Morgan fingerprint density at radius 1 is 1.14 bits per heavy atom. The largest absolute Gasteiger partial charge is 0.489 e. The first kappa shape index (κ1) is 15.8. The summed E-state index contributed by atoms with van der Waals surface area (Å²) in [6.07, 6.45) is 3.44. The molecule has 3 heteroatoms. The molecule has 22 heavy (non-hydrogen) atoms. The van der Waals surface area contributed by atoms with Crippen LogP contribution in [-0.2, 0) is 11.4 Å². The van der Waals surface area contributed by atoms with Crippen LogP contribution in [0.4, 0.5) is 0 Å². The molecule has 3 nitrogen and oxygen atoms in total. The third kappa shape index (κ3) is 4.48. The molecule has 0 aliphatic rings. The van der Waals surface area contributed by atoms with Gasteiger partial charge in [0.1, 0.15) is 12.4 Å². The van der Waals surface area contributed by atoms with Gasteiger partial charge >= 0.3 is 5.97 Å². The lowest BCUT2D eigenvalue weighted by Gasteiger charge is -2.11. The molecule has 0 amide bonds. The smallest absolute Gasteiger partial charge is 0.307 e. The standard InChI is InChI=1S/C19H20O3/c1-14-6-3-7-15(2)18(14)13-22-17-10-4-8-16(12-17)9-5-11-19(20)21/h3-10,12H,11,13H2,1-2H3,(H,20,21)/b9-5+. The minimum atomic E-state index is -0.835. The molecule has 0 atom stereocenters. The third-order valence-electron chi connectivity index (χ3n) is 3.49. The van der Waals surface area contributed by atoms with Crippen LogP contribution in [-0.4, -0.2) is 11.1 Å². The molecule has 0 saturated carbocycles. The van der Waals surface area contributed by atoms with E-state index >= 15 is 0 Å². The summed E-state index contributed by atoms with van der Waals surface area (Å²) in [5.41, 5.74) is 4.57. The van der Waals surface area contributed by atoms with Crippen molar-refractivity contribution < 1.29 is 14.6 Å². The molecule has 0 unspecified atom stereocenters. The van der Waals surface area contributed by atoms with Crippen LogP contribution >= 0.6 is 0 Å². The second kappa shape index (κ2) is 7.46. The zero-order valence-corrected chi connectivity index (χ0v) is 12.9. The van der Waals surface area contributed by atoms with E-state index in [1.807, 2.05) is 30.3 Å². The SMILES string of the molecule is Cc1cccc(C)c1COc1cccc(/C=C/CC(=O)O)c1. The van der Waals surface area contributed by atoms with E-state index in [0.29, 0.717) is 6.61 Å². The van der Waals surface area contributed by atoms with E-state index in [1.54, 1.807) is 12.2 Å². The number of carbonyl (C=O) groups is 1. The van der Waals surface area contributed by atoms with Crippen molar-refractivity contribution in [3.63, 3.8) is 0 Å². The van der Waals surface area contributed by atoms with Crippen LogP contribution in [0.15, 0.2) is 48.5 Å². The van der Waals surface area contributed by atoms with Crippen molar-refractivity contribution in [1.29, 1.82) is 0 Å². The molecule has 2 aromatic rings. The van der Waals surface area contributed by atoms with Gasteiger partial charge in [0.05, 0.1) is 6.42 Å². The normalized spacial score (nSPS) is 10.8. The maximum Gasteiger partial charge on any atom is 0.307 e. The summed E-state index contributed by atoms with van der Waals surface area (Å²) in [6, 6.07) is 13.8. The molecule has 0 bridgehead atoms. The summed E-state index contributed by atoms with van der Waals surface area (Å²) in [7, 11) is 0. The molecular formula is C19H20O3. The molecule has 1 N–H and O–H groups in total. The number of carboxylic acid groups (broad SMARTS) is 1. The van der Waals surface area contributed by atoms with Gasteiger partial charge in [-0.25, -0.2) is 0 Å². The Balaban J connectivity index is 2.04. The summed E-state index contributed by atoms with van der Waals surface area (Å²) in [4.78, 5) is 10.5. The molecule has 0 spiro atoms. The van der Waals surface area contributed by atoms with Crippen LogP contribution in [0.3, 0.4) is 0 Å². The number of carboxylic acids is 1. The highest BCUT2D eigenvalue weighted by Gasteiger charge is 2.03. The number of hydrogen-bond acceptors (Lipinski definition) is 2. The predicted octanol–water partition coefficient (Wildman–Crippen LogP) is 4.37. The number of benzene rings is 2. The lowest BCUT2D eigenvalue weighted by Crippen LogP contribution is -2.00. The van der Waals surface area contributed by atoms with E-state index in [2.05, 4.69) is 26.0 Å². The molecule has 0 heterocycles. The minimum Gasteiger partial charge on any atom is -0.489 e. The molecule has 114 valence electrons. The maximum atomic E-state index is 10.5. The first-order valence-corrected chi connectivity index (χ1v) is 7.22. The van der Waals surface area contributed by atoms with Gasteiger partial charge < -0.3 is 9.84 Å². The zero-order chi connectivity index (χ0) is 15.9. The summed E-state index contributed by atoms with van der Waals surface area (Å²) in [6.45, 7) is 4.69. The molecule has 0 aromatic heterocycles. The topological polar surface area (TPSA) is 46.5 Å². The lowest BCUT2D eigenvalue weighted by molar-refractivity contribution is -0.135. The molecule has 0 aliphatic carbocycles. The van der Waals surface area contributed by atoms with Crippen LogP contribution in [0.2, 0.25) is 0 Å². The van der Waals surface area contributed by atoms with Crippen LogP contribution in [0, 0.1) is 13.8 Å². The second-order valence-electron chi connectivity index (χ2n) is 5.23. The fraction of sp³-hybridized carbons (Fsp3) is 0.211. The molecule has 2 rings (SSSR count). The van der Waals surface area contributed by atoms with Crippen LogP contribution < -0.4 is 4.74 Å². The molecule has 0 saturated heterocycles. The molecule has 2 aromatic carbocycles. The molecular weight excluding hydrogens is 276 g/mol. The third-order valence-corrected chi connectivity index (χ3v) is 3.49. The highest BCUT2D eigenvalue weighted by molar-refractivity contribution is 5.70. The fourth-order valence-corrected chi connectivity index (χ4v) is 2.24.